The summed E-state index contributed by atoms with van der Waals surface area (Å²) < 4.78 is 6.47. The van der Waals surface area contributed by atoms with E-state index in [1.165, 1.54) is 0 Å². The summed E-state index contributed by atoms with van der Waals surface area (Å²) in [6.45, 7) is 1.95. The van der Waals surface area contributed by atoms with Crippen LogP contribution in [0.15, 0.2) is 65.1 Å². The van der Waals surface area contributed by atoms with Crippen LogP contribution < -0.4 is 4.74 Å². The van der Waals surface area contributed by atoms with E-state index in [1.807, 2.05) is 61.5 Å². The summed E-state index contributed by atoms with van der Waals surface area (Å²) in [5.41, 5.74) is 1.60. The molecule has 0 aromatic heterocycles. The van der Waals surface area contributed by atoms with E-state index in [9.17, 15) is 4.79 Å². The van der Waals surface area contributed by atoms with Crippen LogP contribution in [0.3, 0.4) is 0 Å². The molecule has 0 radical (unpaired) electrons. The first-order valence-electron chi connectivity index (χ1n) is 6.60. The van der Waals surface area contributed by atoms with Gasteiger partial charge in [-0.2, -0.15) is 0 Å². The highest BCUT2D eigenvalue weighted by Crippen LogP contribution is 2.24. The van der Waals surface area contributed by atoms with Gasteiger partial charge in [0.05, 0.1) is 5.56 Å². The molecule has 0 aliphatic heterocycles. The fraction of sp³-hybridized carbons (Fsp3) is 0.0556. The fourth-order valence-corrected chi connectivity index (χ4v) is 2.57. The molecule has 0 N–H and O–H groups in total. The average molecular weight is 341 g/mol. The molecule has 0 amide bonds. The van der Waals surface area contributed by atoms with Gasteiger partial charge in [-0.05, 0) is 54.1 Å². The Morgan fingerprint density at radius 2 is 1.71 bits per heavy atom. The highest BCUT2D eigenvalue weighted by atomic mass is 79.9. The summed E-state index contributed by atoms with van der Waals surface area (Å²) >= 11 is 3.44. The third-order valence-corrected chi connectivity index (χ3v) is 3.73. The first-order chi connectivity index (χ1) is 10.1. The molecule has 3 heteroatoms. The zero-order valence-electron chi connectivity index (χ0n) is 11.5. The maximum Gasteiger partial charge on any atom is 0.343 e. The second kappa shape index (κ2) is 5.70. The molecule has 0 spiro atoms. The third kappa shape index (κ3) is 3.14. The van der Waals surface area contributed by atoms with Crippen LogP contribution in [-0.4, -0.2) is 5.97 Å². The number of carbonyl (C=O) groups is 1. The Hall–Kier alpha value is -2.13. The molecule has 3 rings (SSSR count). The van der Waals surface area contributed by atoms with Crippen molar-refractivity contribution in [2.75, 3.05) is 0 Å². The van der Waals surface area contributed by atoms with Crippen LogP contribution in [0.2, 0.25) is 0 Å². The fourth-order valence-electron chi connectivity index (χ4n) is 2.20. The molecule has 0 aliphatic carbocycles. The molecule has 0 aliphatic rings. The highest BCUT2D eigenvalue weighted by molar-refractivity contribution is 9.10. The largest absolute Gasteiger partial charge is 0.423 e. The number of rotatable bonds is 2. The van der Waals surface area contributed by atoms with Gasteiger partial charge in [0.2, 0.25) is 0 Å². The number of ether oxygens (including phenoxy) is 1. The van der Waals surface area contributed by atoms with Crippen molar-refractivity contribution in [2.45, 2.75) is 6.92 Å². The number of aryl methyl sites for hydroxylation is 1. The molecule has 0 bridgehead atoms. The average Bonchev–Trinajstić information content (AvgIpc) is 2.47. The van der Waals surface area contributed by atoms with E-state index >= 15 is 0 Å². The van der Waals surface area contributed by atoms with Gasteiger partial charge < -0.3 is 4.74 Å². The molecule has 3 aromatic carbocycles. The number of halogens is 1. The van der Waals surface area contributed by atoms with E-state index in [4.69, 9.17) is 4.74 Å². The molecule has 0 saturated heterocycles. The predicted octanol–water partition coefficient (Wildman–Crippen LogP) is 5.13. The second-order valence-corrected chi connectivity index (χ2v) is 5.83. The number of fused-ring (bicyclic) bond motifs is 1. The predicted molar refractivity (Wildman–Crippen MR) is 87.8 cm³/mol. The molecule has 0 fully saturated rings. The van der Waals surface area contributed by atoms with Crippen LogP contribution in [0.1, 0.15) is 15.9 Å². The normalized spacial score (nSPS) is 10.6. The molecule has 2 nitrogen and oxygen atoms in total. The number of esters is 1. The molecular weight excluding hydrogens is 328 g/mol. The van der Waals surface area contributed by atoms with Crippen LogP contribution in [-0.2, 0) is 0 Å². The minimum atomic E-state index is -0.338. The zero-order chi connectivity index (χ0) is 14.8. The Balaban J connectivity index is 1.87. The van der Waals surface area contributed by atoms with Crippen LogP contribution in [0.4, 0.5) is 0 Å². The summed E-state index contributed by atoms with van der Waals surface area (Å²) in [5.74, 6) is 0.214. The lowest BCUT2D eigenvalue weighted by molar-refractivity contribution is 0.0735. The van der Waals surface area contributed by atoms with Gasteiger partial charge in [0.15, 0.2) is 0 Å². The summed E-state index contributed by atoms with van der Waals surface area (Å²) in [6, 6.07) is 19.0. The Morgan fingerprint density at radius 3 is 2.52 bits per heavy atom. The van der Waals surface area contributed by atoms with Crippen molar-refractivity contribution in [3.8, 4) is 5.75 Å². The van der Waals surface area contributed by atoms with E-state index in [2.05, 4.69) is 15.9 Å². The zero-order valence-corrected chi connectivity index (χ0v) is 13.1. The Bertz CT molecular complexity index is 824. The summed E-state index contributed by atoms with van der Waals surface area (Å²) in [5, 5.41) is 2.13. The number of hydrogen-bond acceptors (Lipinski definition) is 2. The monoisotopic (exact) mass is 340 g/mol. The lowest BCUT2D eigenvalue weighted by Gasteiger charge is -2.06. The van der Waals surface area contributed by atoms with Crippen molar-refractivity contribution in [1.29, 1.82) is 0 Å². The summed E-state index contributed by atoms with van der Waals surface area (Å²) in [4.78, 5) is 12.1. The molecule has 21 heavy (non-hydrogen) atoms. The lowest BCUT2D eigenvalue weighted by atomic mass is 10.1. The van der Waals surface area contributed by atoms with Crippen LogP contribution in [0.5, 0.6) is 5.75 Å². The van der Waals surface area contributed by atoms with Crippen molar-refractivity contribution in [3.05, 3.63) is 76.3 Å². The van der Waals surface area contributed by atoms with Crippen LogP contribution >= 0.6 is 15.9 Å². The maximum absolute atomic E-state index is 12.1. The van der Waals surface area contributed by atoms with Gasteiger partial charge in [-0.15, -0.1) is 0 Å². The van der Waals surface area contributed by atoms with Crippen molar-refractivity contribution in [3.63, 3.8) is 0 Å². The van der Waals surface area contributed by atoms with Gasteiger partial charge in [0.1, 0.15) is 5.75 Å². The maximum atomic E-state index is 12.1. The van der Waals surface area contributed by atoms with Crippen molar-refractivity contribution < 1.29 is 9.53 Å². The molecule has 3 aromatic rings. The van der Waals surface area contributed by atoms with E-state index < -0.39 is 0 Å². The summed E-state index contributed by atoms with van der Waals surface area (Å²) in [6.07, 6.45) is 0. The van der Waals surface area contributed by atoms with E-state index in [0.717, 1.165) is 20.8 Å². The van der Waals surface area contributed by atoms with Crippen molar-refractivity contribution in [1.82, 2.24) is 0 Å². The first-order valence-corrected chi connectivity index (χ1v) is 7.39. The van der Waals surface area contributed by atoms with E-state index in [0.29, 0.717) is 11.3 Å². The Morgan fingerprint density at radius 1 is 0.952 bits per heavy atom. The molecule has 104 valence electrons. The van der Waals surface area contributed by atoms with Crippen molar-refractivity contribution >= 4 is 32.7 Å². The molecule has 0 atom stereocenters. The van der Waals surface area contributed by atoms with Gasteiger partial charge >= 0.3 is 5.97 Å². The number of benzene rings is 3. The third-order valence-electron chi connectivity index (χ3n) is 3.24. The van der Waals surface area contributed by atoms with Gasteiger partial charge in [-0.1, -0.05) is 45.8 Å². The summed E-state index contributed by atoms with van der Waals surface area (Å²) in [7, 11) is 0. The molecule has 0 heterocycles. The SMILES string of the molecule is Cc1cccc(C(=O)Oc2ccc3cc(Br)ccc3c2)c1. The molecule has 0 saturated carbocycles. The standard InChI is InChI=1S/C18H13BrO2/c1-12-3-2-4-15(9-12)18(20)21-17-8-6-13-10-16(19)7-5-14(13)11-17/h2-11H,1H3. The second-order valence-electron chi connectivity index (χ2n) is 4.91. The number of hydrogen-bond donors (Lipinski definition) is 0. The Kier molecular flexibility index (Phi) is 3.76. The van der Waals surface area contributed by atoms with Gasteiger partial charge in [-0.25, -0.2) is 4.79 Å². The van der Waals surface area contributed by atoms with E-state index in [-0.39, 0.29) is 5.97 Å². The molecule has 0 unspecified atom stereocenters. The smallest absolute Gasteiger partial charge is 0.343 e. The topological polar surface area (TPSA) is 26.3 Å². The van der Waals surface area contributed by atoms with Gasteiger partial charge in [-0.3, -0.25) is 0 Å². The molecular formula is C18H13BrO2. The number of carbonyl (C=O) groups excluding carboxylic acids is 1. The first kappa shape index (κ1) is 13.8. The highest BCUT2D eigenvalue weighted by Gasteiger charge is 2.09. The lowest BCUT2D eigenvalue weighted by Crippen LogP contribution is -2.08. The van der Waals surface area contributed by atoms with Crippen molar-refractivity contribution in [2.24, 2.45) is 0 Å². The Labute approximate surface area is 131 Å². The quantitative estimate of drug-likeness (QED) is 0.477. The van der Waals surface area contributed by atoms with E-state index in [1.54, 1.807) is 6.07 Å². The minimum absolute atomic E-state index is 0.338. The minimum Gasteiger partial charge on any atom is -0.423 e. The van der Waals surface area contributed by atoms with Gasteiger partial charge in [0, 0.05) is 4.47 Å². The van der Waals surface area contributed by atoms with Crippen LogP contribution in [0, 0.1) is 6.92 Å². The van der Waals surface area contributed by atoms with Gasteiger partial charge in [0.25, 0.3) is 0 Å². The van der Waals surface area contributed by atoms with Crippen LogP contribution in [0.25, 0.3) is 10.8 Å².